The van der Waals surface area contributed by atoms with Gasteiger partial charge in [-0.15, -0.1) is 0 Å². The predicted molar refractivity (Wildman–Crippen MR) is 169 cm³/mol. The van der Waals surface area contributed by atoms with Crippen molar-refractivity contribution < 1.29 is 18.3 Å². The van der Waals surface area contributed by atoms with E-state index < -0.39 is 17.5 Å². The molecular formula is C34H38F2N8O2. The van der Waals surface area contributed by atoms with Gasteiger partial charge in [0.15, 0.2) is 5.82 Å². The van der Waals surface area contributed by atoms with Crippen LogP contribution in [0.5, 0.6) is 6.01 Å². The third-order valence-electron chi connectivity index (χ3n) is 11.3. The second-order valence-electron chi connectivity index (χ2n) is 14.2. The van der Waals surface area contributed by atoms with Gasteiger partial charge in [-0.05, 0) is 81.0 Å². The average Bonchev–Trinajstić information content (AvgIpc) is 3.33. The number of H-pyrrole nitrogens is 1. The Hall–Kier alpha value is -3.93. The van der Waals surface area contributed by atoms with Crippen molar-refractivity contribution in [1.82, 2.24) is 35.4 Å². The van der Waals surface area contributed by atoms with Crippen molar-refractivity contribution in [2.45, 2.75) is 76.0 Å². The van der Waals surface area contributed by atoms with Gasteiger partial charge >= 0.3 is 6.01 Å². The fraction of sp³-hybridized carbons (Fsp3) is 0.559. The number of fused-ring (bicyclic) bond motifs is 9. The molecule has 0 unspecified atom stereocenters. The number of carbonyl (C=O) groups is 1. The predicted octanol–water partition coefficient (Wildman–Crippen LogP) is 4.64. The molecule has 6 aliphatic rings. The molecule has 12 heteroatoms. The molecule has 10 nitrogen and oxygen atoms in total. The largest absolute Gasteiger partial charge is 0.461 e. The van der Waals surface area contributed by atoms with Gasteiger partial charge in [0, 0.05) is 55.7 Å². The Labute approximate surface area is 265 Å². The maximum absolute atomic E-state index is 17.1. The Balaban J connectivity index is 1.21. The van der Waals surface area contributed by atoms with Gasteiger partial charge < -0.3 is 15.0 Å². The molecule has 0 radical (unpaired) electrons. The first-order chi connectivity index (χ1) is 22.4. The molecule has 8 heterocycles. The number of aryl methyl sites for hydroxylation is 1. The van der Waals surface area contributed by atoms with E-state index >= 15 is 4.39 Å². The van der Waals surface area contributed by atoms with Crippen molar-refractivity contribution in [3.63, 3.8) is 0 Å². The van der Waals surface area contributed by atoms with E-state index in [1.54, 1.807) is 12.4 Å². The Morgan fingerprint density at radius 2 is 2.00 bits per heavy atom. The fourth-order valence-corrected chi connectivity index (χ4v) is 8.91. The van der Waals surface area contributed by atoms with Crippen molar-refractivity contribution in [1.29, 1.82) is 0 Å². The number of ether oxygens (including phenoxy) is 1. The van der Waals surface area contributed by atoms with Crippen LogP contribution in [-0.4, -0.2) is 86.5 Å². The highest BCUT2D eigenvalue weighted by Gasteiger charge is 2.50. The summed E-state index contributed by atoms with van der Waals surface area (Å²) in [7, 11) is 0. The quantitative estimate of drug-likeness (QED) is 0.338. The van der Waals surface area contributed by atoms with Crippen LogP contribution in [0, 0.1) is 24.6 Å². The monoisotopic (exact) mass is 628 g/mol. The molecule has 3 aromatic heterocycles. The Morgan fingerprint density at radius 3 is 2.91 bits per heavy atom. The molecule has 2 N–H and O–H groups in total. The lowest BCUT2D eigenvalue weighted by molar-refractivity contribution is -0.122. The number of hydrogen-bond acceptors (Lipinski definition) is 8. The van der Waals surface area contributed by atoms with Gasteiger partial charge in [-0.2, -0.15) is 15.1 Å². The summed E-state index contributed by atoms with van der Waals surface area (Å²) in [6, 6.07) is 2.11. The van der Waals surface area contributed by atoms with Crippen LogP contribution in [0.4, 0.5) is 14.6 Å². The van der Waals surface area contributed by atoms with Crippen LogP contribution in [0.1, 0.15) is 56.1 Å². The van der Waals surface area contributed by atoms with Crippen LogP contribution in [0.3, 0.4) is 0 Å². The molecule has 4 fully saturated rings. The molecule has 3 saturated heterocycles. The second kappa shape index (κ2) is 10.5. The third kappa shape index (κ3) is 4.54. The zero-order valence-electron chi connectivity index (χ0n) is 26.0. The summed E-state index contributed by atoms with van der Waals surface area (Å²) in [5.41, 5.74) is 3.47. The SMILES string of the molecule is Cc1cc2[nH]ncc2c2c1CCCCC(=O)N[C@H]1CN(C[C@H]3C[C@H]31)c1nc(OC[C@@]34CCCN3C[C@H](F)C4)nc3c(F)c-2ncc13. The molecule has 1 aliphatic carbocycles. The van der Waals surface area contributed by atoms with E-state index in [0.717, 1.165) is 67.2 Å². The first-order valence-electron chi connectivity index (χ1n) is 16.8. The molecule has 1 amide bonds. The molecule has 1 aromatic carbocycles. The highest BCUT2D eigenvalue weighted by atomic mass is 19.1. The van der Waals surface area contributed by atoms with Gasteiger partial charge in [-0.25, -0.2) is 8.78 Å². The molecule has 5 atom stereocenters. The Morgan fingerprint density at radius 1 is 1.11 bits per heavy atom. The number of alkyl halides is 1. The van der Waals surface area contributed by atoms with E-state index in [0.29, 0.717) is 61.0 Å². The van der Waals surface area contributed by atoms with Crippen molar-refractivity contribution in [2.24, 2.45) is 11.8 Å². The number of carbonyl (C=O) groups excluding carboxylic acids is 1. The van der Waals surface area contributed by atoms with Crippen molar-refractivity contribution in [3.8, 4) is 17.3 Å². The van der Waals surface area contributed by atoms with Gasteiger partial charge in [0.05, 0.1) is 22.6 Å². The standard InChI is InChI=1S/C34H38F2N8O2/c1-18-9-25-23(13-38-42-25)28-21(18)5-2-3-6-27(45)39-26-16-43(14-19-10-22(19)26)32-24-12-37-31(28)29(36)30(24)40-33(41-32)46-17-34-7-4-8-44(34)15-20(35)11-34/h9,12-13,19-20,22,26H,2-8,10-11,14-17H2,1H3,(H,38,42)(H,39,45)/t19-,20-,22-,26+,34+/m1/s1. The number of benzene rings is 1. The zero-order valence-corrected chi connectivity index (χ0v) is 26.0. The maximum atomic E-state index is 17.1. The maximum Gasteiger partial charge on any atom is 0.319 e. The number of amides is 1. The van der Waals surface area contributed by atoms with Crippen LogP contribution in [-0.2, 0) is 11.2 Å². The molecular weight excluding hydrogens is 590 g/mol. The molecule has 4 aromatic rings. The number of pyridine rings is 1. The normalized spacial score (nSPS) is 29.3. The molecule has 240 valence electrons. The van der Waals surface area contributed by atoms with Crippen molar-refractivity contribution in [3.05, 3.63) is 35.4 Å². The van der Waals surface area contributed by atoms with Crippen molar-refractivity contribution >= 4 is 33.5 Å². The molecule has 1 saturated carbocycles. The summed E-state index contributed by atoms with van der Waals surface area (Å²) in [5.74, 6) is 0.981. The van der Waals surface area contributed by atoms with Gasteiger partial charge in [-0.3, -0.25) is 19.8 Å². The van der Waals surface area contributed by atoms with Crippen LogP contribution in [0.2, 0.25) is 0 Å². The summed E-state index contributed by atoms with van der Waals surface area (Å²) >= 11 is 0. The van der Waals surface area contributed by atoms with Gasteiger partial charge in [0.1, 0.15) is 29.8 Å². The molecule has 46 heavy (non-hydrogen) atoms. The van der Waals surface area contributed by atoms with E-state index in [9.17, 15) is 9.18 Å². The van der Waals surface area contributed by atoms with E-state index in [1.165, 1.54) is 0 Å². The van der Waals surface area contributed by atoms with Gasteiger partial charge in [0.2, 0.25) is 5.91 Å². The first-order valence-corrected chi connectivity index (χ1v) is 16.8. The first kappa shape index (κ1) is 28.3. The second-order valence-corrected chi connectivity index (χ2v) is 14.2. The molecule has 6 bridgehead atoms. The number of aromatic nitrogens is 5. The Kier molecular flexibility index (Phi) is 6.49. The highest BCUT2D eigenvalue weighted by Crippen LogP contribution is 2.47. The number of nitrogens with zero attached hydrogens (tertiary/aromatic N) is 6. The number of anilines is 1. The average molecular weight is 629 g/mol. The number of rotatable bonds is 3. The number of aromatic amines is 1. The summed E-state index contributed by atoms with van der Waals surface area (Å²) in [5, 5.41) is 11.9. The topological polar surface area (TPSA) is 112 Å². The number of hydrogen-bond donors (Lipinski definition) is 2. The van der Waals surface area contributed by atoms with E-state index in [1.807, 2.05) is 13.0 Å². The zero-order chi connectivity index (χ0) is 31.2. The van der Waals surface area contributed by atoms with Crippen LogP contribution < -0.4 is 15.0 Å². The summed E-state index contributed by atoms with van der Waals surface area (Å²) in [4.78, 5) is 31.8. The fourth-order valence-electron chi connectivity index (χ4n) is 8.91. The molecule has 5 aliphatic heterocycles. The lowest BCUT2D eigenvalue weighted by Crippen LogP contribution is -2.49. The summed E-state index contributed by atoms with van der Waals surface area (Å²) in [6.45, 7) is 4.86. The lowest BCUT2D eigenvalue weighted by Gasteiger charge is -2.34. The summed E-state index contributed by atoms with van der Waals surface area (Å²) in [6.07, 6.45) is 8.47. The molecule has 0 spiro atoms. The lowest BCUT2D eigenvalue weighted by atomic mass is 9.91. The molecule has 10 rings (SSSR count). The highest BCUT2D eigenvalue weighted by molar-refractivity contribution is 5.99. The number of piperidine rings is 1. The number of halogens is 2. The van der Waals surface area contributed by atoms with Gasteiger partial charge in [0.25, 0.3) is 0 Å². The third-order valence-corrected chi connectivity index (χ3v) is 11.3. The minimum Gasteiger partial charge on any atom is -0.461 e. The van der Waals surface area contributed by atoms with Crippen molar-refractivity contribution in [2.75, 3.05) is 37.7 Å². The van der Waals surface area contributed by atoms with E-state index in [2.05, 4.69) is 25.3 Å². The van der Waals surface area contributed by atoms with Crippen LogP contribution in [0.15, 0.2) is 18.5 Å². The van der Waals surface area contributed by atoms with E-state index in [-0.39, 0.29) is 35.8 Å². The van der Waals surface area contributed by atoms with E-state index in [4.69, 9.17) is 19.7 Å². The van der Waals surface area contributed by atoms with Gasteiger partial charge in [-0.1, -0.05) is 0 Å². The summed E-state index contributed by atoms with van der Waals surface area (Å²) < 4.78 is 37.9. The minimum atomic E-state index is -0.884. The van der Waals surface area contributed by atoms with Crippen LogP contribution in [0.25, 0.3) is 33.1 Å². The Bertz CT molecular complexity index is 1880. The number of nitrogens with one attached hydrogen (secondary N) is 2. The van der Waals surface area contributed by atoms with Crippen LogP contribution >= 0.6 is 0 Å². The smallest absolute Gasteiger partial charge is 0.319 e. The minimum absolute atomic E-state index is 0.00567.